The zero-order valence-corrected chi connectivity index (χ0v) is 5.88. The largest absolute Gasteiger partial charge is 0.389 e. The Balaban J connectivity index is 2.45. The van der Waals surface area contributed by atoms with Crippen LogP contribution in [0.15, 0.2) is 0 Å². The van der Waals surface area contributed by atoms with Crippen molar-refractivity contribution in [3.8, 4) is 0 Å². The number of alkyl halides is 1. The molecule has 1 aliphatic rings. The predicted molar refractivity (Wildman–Crippen MR) is 34.6 cm³/mol. The molecular formula is C6H12FNO2. The highest BCUT2D eigenvalue weighted by Crippen LogP contribution is 2.10. The Bertz CT molecular complexity index is 102. The van der Waals surface area contributed by atoms with E-state index < -0.39 is 18.4 Å². The smallest absolute Gasteiger partial charge is 0.141 e. The summed E-state index contributed by atoms with van der Waals surface area (Å²) >= 11 is 0. The lowest BCUT2D eigenvalue weighted by Crippen LogP contribution is -2.52. The summed E-state index contributed by atoms with van der Waals surface area (Å²) in [5, 5.41) is 11.9. The lowest BCUT2D eigenvalue weighted by atomic mass is 10.1. The van der Waals surface area contributed by atoms with Crippen molar-refractivity contribution < 1.29 is 14.2 Å². The van der Waals surface area contributed by atoms with Crippen LogP contribution in [0.5, 0.6) is 0 Å². The van der Waals surface area contributed by atoms with Gasteiger partial charge in [-0.05, 0) is 0 Å². The maximum Gasteiger partial charge on any atom is 0.141 e. The van der Waals surface area contributed by atoms with Gasteiger partial charge in [0.05, 0.1) is 6.10 Å². The third kappa shape index (κ3) is 1.45. The lowest BCUT2D eigenvalue weighted by Gasteiger charge is -2.30. The number of ether oxygens (including phenoxy) is 1. The van der Waals surface area contributed by atoms with Crippen LogP contribution in [-0.2, 0) is 4.74 Å². The Morgan fingerprint density at radius 2 is 2.30 bits per heavy atom. The molecule has 1 saturated heterocycles. The number of hydrogen-bond acceptors (Lipinski definition) is 3. The van der Waals surface area contributed by atoms with E-state index in [4.69, 9.17) is 9.84 Å². The highest BCUT2D eigenvalue weighted by atomic mass is 19.1. The molecule has 0 aromatic heterocycles. The van der Waals surface area contributed by atoms with Crippen molar-refractivity contribution in [1.29, 1.82) is 0 Å². The molecule has 0 radical (unpaired) electrons. The molecule has 0 amide bonds. The fraction of sp³-hybridized carbons (Fsp3) is 1.00. The van der Waals surface area contributed by atoms with Gasteiger partial charge in [0, 0.05) is 20.2 Å². The summed E-state index contributed by atoms with van der Waals surface area (Å²) in [6, 6.07) is 0. The molecule has 0 aromatic rings. The predicted octanol–water partition coefficient (Wildman–Crippen LogP) is -0.696. The Morgan fingerprint density at radius 3 is 2.70 bits per heavy atom. The van der Waals surface area contributed by atoms with Gasteiger partial charge >= 0.3 is 0 Å². The lowest BCUT2D eigenvalue weighted by molar-refractivity contribution is -0.0693. The van der Waals surface area contributed by atoms with Gasteiger partial charge in [-0.15, -0.1) is 0 Å². The van der Waals surface area contributed by atoms with Crippen molar-refractivity contribution >= 4 is 0 Å². The number of aliphatic hydroxyl groups is 1. The normalized spacial score (nSPS) is 41.7. The zero-order chi connectivity index (χ0) is 7.56. The fourth-order valence-electron chi connectivity index (χ4n) is 1.15. The van der Waals surface area contributed by atoms with Gasteiger partial charge in [-0.25, -0.2) is 4.39 Å². The van der Waals surface area contributed by atoms with Crippen LogP contribution in [0.25, 0.3) is 0 Å². The van der Waals surface area contributed by atoms with E-state index in [1.807, 2.05) is 0 Å². The molecule has 4 heteroatoms. The number of halogens is 1. The monoisotopic (exact) mass is 149 g/mol. The van der Waals surface area contributed by atoms with Crippen LogP contribution in [0, 0.1) is 0 Å². The molecule has 2 N–H and O–H groups in total. The van der Waals surface area contributed by atoms with Crippen molar-refractivity contribution in [2.24, 2.45) is 0 Å². The summed E-state index contributed by atoms with van der Waals surface area (Å²) in [7, 11) is 1.41. The molecule has 0 aliphatic carbocycles. The Kier molecular flexibility index (Phi) is 2.59. The van der Waals surface area contributed by atoms with Gasteiger partial charge in [0.1, 0.15) is 12.3 Å². The number of β-amino-alcohol motifs (C(OH)–C–C–N with tert-alkyl or cyclic N) is 1. The van der Waals surface area contributed by atoms with Gasteiger partial charge < -0.3 is 15.2 Å². The summed E-state index contributed by atoms with van der Waals surface area (Å²) in [5.74, 6) is 0. The molecule has 1 aliphatic heterocycles. The number of hydrogen-bond donors (Lipinski definition) is 2. The van der Waals surface area contributed by atoms with Crippen LogP contribution in [0.4, 0.5) is 4.39 Å². The third-order valence-corrected chi connectivity index (χ3v) is 1.70. The minimum absolute atomic E-state index is 0.273. The first kappa shape index (κ1) is 7.91. The molecule has 1 fully saturated rings. The summed E-state index contributed by atoms with van der Waals surface area (Å²) in [5.41, 5.74) is 0. The van der Waals surface area contributed by atoms with Gasteiger partial charge in [-0.2, -0.15) is 0 Å². The van der Waals surface area contributed by atoms with Crippen molar-refractivity contribution in [2.45, 2.75) is 18.4 Å². The number of nitrogens with one attached hydrogen (secondary N) is 1. The summed E-state index contributed by atoms with van der Waals surface area (Å²) in [6.45, 7) is 0.689. The van der Waals surface area contributed by atoms with Gasteiger partial charge in [0.25, 0.3) is 0 Å². The van der Waals surface area contributed by atoms with Crippen molar-refractivity contribution in [1.82, 2.24) is 5.32 Å². The molecule has 60 valence electrons. The van der Waals surface area contributed by atoms with E-state index in [0.717, 1.165) is 0 Å². The highest BCUT2D eigenvalue weighted by molar-refractivity contribution is 4.85. The molecule has 0 saturated carbocycles. The standard InChI is InChI=1S/C6H12FNO2/c1-10-6-4(7)2-8-3-5(6)9/h4-6,8-9H,2-3H2,1H3/t4-,5+,6-/m0/s1. The minimum atomic E-state index is -1.09. The van der Waals surface area contributed by atoms with Crippen molar-refractivity contribution in [3.63, 3.8) is 0 Å². The second-order valence-electron chi connectivity index (χ2n) is 2.44. The minimum Gasteiger partial charge on any atom is -0.389 e. The molecule has 1 rings (SSSR count). The maximum absolute atomic E-state index is 12.8. The zero-order valence-electron chi connectivity index (χ0n) is 5.88. The van der Waals surface area contributed by atoms with Gasteiger partial charge in [0.15, 0.2) is 0 Å². The SMILES string of the molecule is CO[C@@H]1[C@H](O)CNC[C@@H]1F. The summed E-state index contributed by atoms with van der Waals surface area (Å²) in [6.07, 6.45) is -2.45. The topological polar surface area (TPSA) is 41.5 Å². The molecule has 0 spiro atoms. The fourth-order valence-corrected chi connectivity index (χ4v) is 1.15. The molecule has 3 nitrogen and oxygen atoms in total. The first-order valence-corrected chi connectivity index (χ1v) is 3.31. The third-order valence-electron chi connectivity index (χ3n) is 1.70. The summed E-state index contributed by atoms with van der Waals surface area (Å²) in [4.78, 5) is 0. The number of piperidine rings is 1. The number of methoxy groups -OCH3 is 1. The van der Waals surface area contributed by atoms with Crippen LogP contribution < -0.4 is 5.32 Å². The van der Waals surface area contributed by atoms with Crippen LogP contribution in [0.1, 0.15) is 0 Å². The van der Waals surface area contributed by atoms with Crippen LogP contribution >= 0.6 is 0 Å². The average Bonchev–Trinajstić information content (AvgIpc) is 1.88. The molecule has 0 bridgehead atoms. The van der Waals surface area contributed by atoms with Crippen molar-refractivity contribution in [3.05, 3.63) is 0 Å². The van der Waals surface area contributed by atoms with Gasteiger partial charge in [-0.1, -0.05) is 0 Å². The second kappa shape index (κ2) is 3.27. The van der Waals surface area contributed by atoms with Gasteiger partial charge in [-0.3, -0.25) is 0 Å². The van der Waals surface area contributed by atoms with E-state index in [1.165, 1.54) is 7.11 Å². The molecule has 0 unspecified atom stereocenters. The first-order valence-electron chi connectivity index (χ1n) is 3.31. The average molecular weight is 149 g/mol. The number of rotatable bonds is 1. The summed E-state index contributed by atoms with van der Waals surface area (Å²) < 4.78 is 17.5. The van der Waals surface area contributed by atoms with Gasteiger partial charge in [0.2, 0.25) is 0 Å². The van der Waals surface area contributed by atoms with E-state index in [0.29, 0.717) is 6.54 Å². The maximum atomic E-state index is 12.8. The van der Waals surface area contributed by atoms with E-state index >= 15 is 0 Å². The molecular weight excluding hydrogens is 137 g/mol. The van der Waals surface area contributed by atoms with Crippen LogP contribution in [0.2, 0.25) is 0 Å². The van der Waals surface area contributed by atoms with E-state index in [1.54, 1.807) is 0 Å². The first-order chi connectivity index (χ1) is 4.75. The second-order valence-corrected chi connectivity index (χ2v) is 2.44. The molecule has 3 atom stereocenters. The highest BCUT2D eigenvalue weighted by Gasteiger charge is 2.31. The van der Waals surface area contributed by atoms with E-state index in [-0.39, 0.29) is 6.54 Å². The molecule has 0 aromatic carbocycles. The van der Waals surface area contributed by atoms with Crippen molar-refractivity contribution in [2.75, 3.05) is 20.2 Å². The Morgan fingerprint density at radius 1 is 1.60 bits per heavy atom. The molecule has 10 heavy (non-hydrogen) atoms. The Labute approximate surface area is 59.2 Å². The molecule has 1 heterocycles. The number of aliphatic hydroxyl groups excluding tert-OH is 1. The Hall–Kier alpha value is -0.190. The van der Waals surface area contributed by atoms with E-state index in [2.05, 4.69) is 5.32 Å². The van der Waals surface area contributed by atoms with Crippen LogP contribution in [0.3, 0.4) is 0 Å². The van der Waals surface area contributed by atoms with E-state index in [9.17, 15) is 4.39 Å². The van der Waals surface area contributed by atoms with Crippen LogP contribution in [-0.4, -0.2) is 43.7 Å². The quantitative estimate of drug-likeness (QED) is 0.518.